The van der Waals surface area contributed by atoms with Gasteiger partial charge in [-0.05, 0) is 26.8 Å². The molecule has 0 saturated carbocycles. The average Bonchev–Trinajstić information content (AvgIpc) is 2.68. The van der Waals surface area contributed by atoms with Crippen molar-refractivity contribution in [2.75, 3.05) is 6.54 Å². The zero-order valence-corrected chi connectivity index (χ0v) is 12.9. The van der Waals surface area contributed by atoms with E-state index in [1.165, 1.54) is 11.3 Å². The highest BCUT2D eigenvalue weighted by Crippen LogP contribution is 2.13. The topological polar surface area (TPSA) is 84.2 Å². The number of nitrogens with two attached hydrogens (primary N) is 1. The van der Waals surface area contributed by atoms with Crippen molar-refractivity contribution in [2.24, 2.45) is 5.73 Å². The summed E-state index contributed by atoms with van der Waals surface area (Å²) in [4.78, 5) is 0.903. The molecule has 1 aromatic heterocycles. The van der Waals surface area contributed by atoms with Crippen molar-refractivity contribution in [3.63, 3.8) is 0 Å². The van der Waals surface area contributed by atoms with Crippen LogP contribution in [-0.2, 0) is 16.8 Å². The van der Waals surface area contributed by atoms with Crippen LogP contribution in [0.1, 0.15) is 31.2 Å². The van der Waals surface area contributed by atoms with Gasteiger partial charge < -0.3 is 5.73 Å². The monoisotopic (exact) mass is 301 g/mol. The van der Waals surface area contributed by atoms with Gasteiger partial charge in [0.15, 0.2) is 0 Å². The molecule has 0 amide bonds. The second-order valence-electron chi connectivity index (χ2n) is 4.98. The molecule has 1 aromatic rings. The molecule has 0 atom stereocenters. The van der Waals surface area contributed by atoms with Gasteiger partial charge in [0.2, 0.25) is 0 Å². The minimum absolute atomic E-state index is 0.250. The van der Waals surface area contributed by atoms with Crippen LogP contribution in [0.4, 0.5) is 0 Å². The van der Waals surface area contributed by atoms with Crippen molar-refractivity contribution in [3.8, 4) is 11.8 Å². The van der Waals surface area contributed by atoms with E-state index in [0.29, 0.717) is 6.54 Å². The van der Waals surface area contributed by atoms with E-state index >= 15 is 0 Å². The summed E-state index contributed by atoms with van der Waals surface area (Å²) in [6, 6.07) is 1.85. The maximum atomic E-state index is 11.7. The summed E-state index contributed by atoms with van der Waals surface area (Å²) in [6.07, 6.45) is 0. The van der Waals surface area contributed by atoms with E-state index in [2.05, 4.69) is 21.3 Å². The van der Waals surface area contributed by atoms with E-state index in [1.807, 2.05) is 11.4 Å². The highest BCUT2D eigenvalue weighted by molar-refractivity contribution is 7.87. The normalized spacial score (nSPS) is 12.0. The van der Waals surface area contributed by atoms with E-state index in [9.17, 15) is 8.42 Å². The fraction of sp³-hybridized carbons (Fsp3) is 0.500. The van der Waals surface area contributed by atoms with Gasteiger partial charge in [-0.15, -0.1) is 11.3 Å². The number of hydrogen-bond acceptors (Lipinski definition) is 4. The summed E-state index contributed by atoms with van der Waals surface area (Å²) >= 11 is 1.46. The molecule has 4 N–H and O–H groups in total. The largest absolute Gasteiger partial charge is 0.320 e. The lowest BCUT2D eigenvalue weighted by molar-refractivity contribution is 0.484. The zero-order valence-electron chi connectivity index (χ0n) is 11.3. The molecular formula is C12H19N3O2S2. The van der Waals surface area contributed by atoms with E-state index in [1.54, 1.807) is 20.8 Å². The molecule has 5 nitrogen and oxygen atoms in total. The van der Waals surface area contributed by atoms with E-state index in [-0.39, 0.29) is 6.54 Å². The zero-order chi connectivity index (χ0) is 14.5. The predicted octanol–water partition coefficient (Wildman–Crippen LogP) is 0.781. The Labute approximate surface area is 118 Å². The summed E-state index contributed by atoms with van der Waals surface area (Å²) in [5.41, 5.74) is 5.64. The lowest BCUT2D eigenvalue weighted by atomic mass is 10.1. The van der Waals surface area contributed by atoms with Crippen LogP contribution < -0.4 is 15.2 Å². The van der Waals surface area contributed by atoms with Crippen LogP contribution >= 0.6 is 11.3 Å². The number of rotatable bonds is 4. The van der Waals surface area contributed by atoms with Crippen molar-refractivity contribution >= 4 is 21.5 Å². The fourth-order valence-corrected chi connectivity index (χ4v) is 3.37. The summed E-state index contributed by atoms with van der Waals surface area (Å²) in [7, 11) is -3.49. The molecule has 7 heteroatoms. The van der Waals surface area contributed by atoms with Gasteiger partial charge in [0, 0.05) is 27.9 Å². The molecule has 0 bridgehead atoms. The first-order valence-electron chi connectivity index (χ1n) is 5.77. The Kier molecular flexibility index (Phi) is 5.52. The van der Waals surface area contributed by atoms with Gasteiger partial charge in [0.05, 0.1) is 6.54 Å². The molecule has 19 heavy (non-hydrogen) atoms. The fourth-order valence-electron chi connectivity index (χ4n) is 1.30. The lowest BCUT2D eigenvalue weighted by Gasteiger charge is -2.20. The Bertz CT molecular complexity index is 574. The van der Waals surface area contributed by atoms with Crippen LogP contribution in [0, 0.1) is 11.8 Å². The Morgan fingerprint density at radius 1 is 1.42 bits per heavy atom. The number of hydrogen-bond donors (Lipinski definition) is 3. The van der Waals surface area contributed by atoms with Gasteiger partial charge in [-0.3, -0.25) is 0 Å². The smallest absolute Gasteiger partial charge is 0.277 e. The predicted molar refractivity (Wildman–Crippen MR) is 78.9 cm³/mol. The Morgan fingerprint density at radius 2 is 2.11 bits per heavy atom. The molecule has 0 fully saturated rings. The van der Waals surface area contributed by atoms with Gasteiger partial charge in [0.1, 0.15) is 0 Å². The molecule has 106 valence electrons. The van der Waals surface area contributed by atoms with Gasteiger partial charge in [0.25, 0.3) is 10.2 Å². The molecule has 1 rings (SSSR count). The van der Waals surface area contributed by atoms with Crippen molar-refractivity contribution in [3.05, 3.63) is 21.9 Å². The van der Waals surface area contributed by atoms with Crippen LogP contribution in [0.15, 0.2) is 11.4 Å². The summed E-state index contributed by atoms with van der Waals surface area (Å²) in [6.45, 7) is 5.93. The van der Waals surface area contributed by atoms with Crippen molar-refractivity contribution in [1.29, 1.82) is 0 Å². The third-order valence-corrected chi connectivity index (χ3v) is 4.21. The first-order chi connectivity index (χ1) is 8.72. The van der Waals surface area contributed by atoms with E-state index in [0.717, 1.165) is 10.4 Å². The minimum atomic E-state index is -3.49. The Hall–Kier alpha value is -0.910. The van der Waals surface area contributed by atoms with E-state index in [4.69, 9.17) is 5.73 Å². The van der Waals surface area contributed by atoms with Crippen LogP contribution in [0.25, 0.3) is 0 Å². The molecule has 0 aliphatic heterocycles. The third kappa shape index (κ3) is 6.71. The van der Waals surface area contributed by atoms with Crippen LogP contribution in [0.3, 0.4) is 0 Å². The van der Waals surface area contributed by atoms with Crippen LogP contribution in [0.5, 0.6) is 0 Å². The standard InChI is InChI=1S/C12H19N3O2S2/c1-12(2,3)15-19(16,17)14-8-11-7-10(9-18-11)5-4-6-13/h7,9,14-15H,6,8,13H2,1-3H3. The summed E-state index contributed by atoms with van der Waals surface area (Å²) in [5.74, 6) is 5.66. The summed E-state index contributed by atoms with van der Waals surface area (Å²) < 4.78 is 28.5. The minimum Gasteiger partial charge on any atom is -0.320 e. The quantitative estimate of drug-likeness (QED) is 0.719. The molecule has 0 aliphatic rings. The van der Waals surface area contributed by atoms with Crippen LogP contribution in [0.2, 0.25) is 0 Å². The number of nitrogens with one attached hydrogen (secondary N) is 2. The lowest BCUT2D eigenvalue weighted by Crippen LogP contribution is -2.46. The average molecular weight is 301 g/mol. The molecule has 1 heterocycles. The molecule has 0 unspecified atom stereocenters. The first kappa shape index (κ1) is 16.1. The van der Waals surface area contributed by atoms with Crippen LogP contribution in [-0.4, -0.2) is 20.5 Å². The molecule has 0 radical (unpaired) electrons. The van der Waals surface area contributed by atoms with Crippen molar-refractivity contribution in [2.45, 2.75) is 32.9 Å². The molecular weight excluding hydrogens is 282 g/mol. The second kappa shape index (κ2) is 6.50. The SMILES string of the molecule is CC(C)(C)NS(=O)(=O)NCc1cc(C#CCN)cs1. The van der Waals surface area contributed by atoms with Gasteiger partial charge in [-0.25, -0.2) is 0 Å². The highest BCUT2D eigenvalue weighted by Gasteiger charge is 2.19. The molecule has 0 aliphatic carbocycles. The van der Waals surface area contributed by atoms with Gasteiger partial charge >= 0.3 is 0 Å². The second-order valence-corrected chi connectivity index (χ2v) is 7.48. The number of thiophene rings is 1. The van der Waals surface area contributed by atoms with Gasteiger partial charge in [-0.1, -0.05) is 11.8 Å². The first-order valence-corrected chi connectivity index (χ1v) is 8.13. The molecule has 0 saturated heterocycles. The van der Waals surface area contributed by atoms with E-state index < -0.39 is 15.7 Å². The maximum Gasteiger partial charge on any atom is 0.277 e. The Balaban J connectivity index is 2.60. The molecule has 0 spiro atoms. The Morgan fingerprint density at radius 3 is 2.68 bits per heavy atom. The highest BCUT2D eigenvalue weighted by atomic mass is 32.2. The van der Waals surface area contributed by atoms with Crippen molar-refractivity contribution < 1.29 is 8.42 Å². The summed E-state index contributed by atoms with van der Waals surface area (Å²) in [5, 5.41) is 1.88. The molecule has 0 aromatic carbocycles. The maximum absolute atomic E-state index is 11.7. The van der Waals surface area contributed by atoms with Gasteiger partial charge in [-0.2, -0.15) is 17.9 Å². The van der Waals surface area contributed by atoms with Crippen molar-refractivity contribution in [1.82, 2.24) is 9.44 Å². The third-order valence-electron chi connectivity index (χ3n) is 1.87.